The molecular formula is C46H50O2. The zero-order chi connectivity index (χ0) is 33.8. The summed E-state index contributed by atoms with van der Waals surface area (Å²) in [5.74, 6) is 0.697. The van der Waals surface area contributed by atoms with Crippen LogP contribution in [0.1, 0.15) is 96.4 Å². The topological polar surface area (TPSA) is 40.5 Å². The Morgan fingerprint density at radius 2 is 0.875 bits per heavy atom. The van der Waals surface area contributed by atoms with Crippen molar-refractivity contribution in [2.75, 3.05) is 0 Å². The number of unbranched alkanes of at least 4 members (excludes halogenated alkanes) is 6. The molecule has 0 saturated carbocycles. The molecule has 2 N–H and O–H groups in total. The number of aryl methyl sites for hydroxylation is 2. The van der Waals surface area contributed by atoms with E-state index in [-0.39, 0.29) is 0 Å². The van der Waals surface area contributed by atoms with E-state index in [4.69, 9.17) is 0 Å². The standard InChI is InChI=1S/C31H36O.C15H14O/c1-2-3-4-5-6-7-10-19-28-24-29(22-20-26-15-11-8-12-16-26)31(32)30(25-28)23-21-27-17-13-9-14-18-27;1-12-6-5-9-14(15(12)16)11-10-13-7-3-2-4-8-13/h8-9,11-18,20-25,32H,2-7,10,19H2,1H3;2-11,16H,1H3/b22-20+,23-21+;11-10+. The fourth-order valence-electron chi connectivity index (χ4n) is 5.50. The minimum absolute atomic E-state index is 0.340. The van der Waals surface area contributed by atoms with E-state index in [2.05, 4.69) is 55.5 Å². The molecule has 5 aromatic carbocycles. The SMILES string of the molecule is CCCCCCCCCc1cc(/C=C/c2ccccc2)c(O)c(/C=C/c2ccccc2)c1.Cc1cccc(/C=C/c2ccccc2)c1O. The van der Waals surface area contributed by atoms with Crippen LogP contribution < -0.4 is 0 Å². The number of aromatic hydroxyl groups is 2. The van der Waals surface area contributed by atoms with Crippen molar-refractivity contribution in [2.45, 2.75) is 65.2 Å². The Labute approximate surface area is 288 Å². The Morgan fingerprint density at radius 1 is 0.438 bits per heavy atom. The lowest BCUT2D eigenvalue weighted by Crippen LogP contribution is -1.91. The van der Waals surface area contributed by atoms with E-state index < -0.39 is 0 Å². The van der Waals surface area contributed by atoms with E-state index >= 15 is 0 Å². The average Bonchev–Trinajstić information content (AvgIpc) is 3.13. The van der Waals surface area contributed by atoms with Crippen LogP contribution in [0.25, 0.3) is 36.5 Å². The highest BCUT2D eigenvalue weighted by atomic mass is 16.3. The molecule has 0 aromatic heterocycles. The molecule has 246 valence electrons. The average molecular weight is 635 g/mol. The van der Waals surface area contributed by atoms with Crippen LogP contribution in [-0.2, 0) is 6.42 Å². The first-order chi connectivity index (χ1) is 23.5. The molecule has 0 spiro atoms. The molecule has 0 aliphatic carbocycles. The molecule has 5 aromatic rings. The summed E-state index contributed by atoms with van der Waals surface area (Å²) in [5, 5.41) is 20.8. The smallest absolute Gasteiger partial charge is 0.130 e. The van der Waals surface area contributed by atoms with E-state index in [1.165, 1.54) is 50.5 Å². The van der Waals surface area contributed by atoms with E-state index in [1.807, 2.05) is 116 Å². The zero-order valence-corrected chi connectivity index (χ0v) is 28.6. The summed E-state index contributed by atoms with van der Waals surface area (Å²) in [4.78, 5) is 0. The van der Waals surface area contributed by atoms with E-state index in [9.17, 15) is 10.2 Å². The van der Waals surface area contributed by atoms with Crippen LogP contribution in [0.3, 0.4) is 0 Å². The van der Waals surface area contributed by atoms with Crippen molar-refractivity contribution >= 4 is 36.5 Å². The van der Waals surface area contributed by atoms with Gasteiger partial charge in [0, 0.05) is 16.7 Å². The van der Waals surface area contributed by atoms with Crippen molar-refractivity contribution in [3.8, 4) is 11.5 Å². The summed E-state index contributed by atoms with van der Waals surface area (Å²) in [6.45, 7) is 4.16. The Balaban J connectivity index is 0.000000271. The molecular weight excluding hydrogens is 585 g/mol. The molecule has 5 rings (SSSR count). The van der Waals surface area contributed by atoms with E-state index in [0.29, 0.717) is 11.5 Å². The molecule has 0 bridgehead atoms. The van der Waals surface area contributed by atoms with Gasteiger partial charge in [0.25, 0.3) is 0 Å². The first kappa shape index (κ1) is 35.8. The highest BCUT2D eigenvalue weighted by Crippen LogP contribution is 2.29. The normalized spacial score (nSPS) is 11.3. The fraction of sp³-hybridized carbons (Fsp3) is 0.217. The van der Waals surface area contributed by atoms with Crippen LogP contribution in [0.5, 0.6) is 11.5 Å². The van der Waals surface area contributed by atoms with Gasteiger partial charge in [-0.3, -0.25) is 0 Å². The van der Waals surface area contributed by atoms with E-state index in [1.54, 1.807) is 0 Å². The van der Waals surface area contributed by atoms with Gasteiger partial charge in [-0.1, -0.05) is 191 Å². The van der Waals surface area contributed by atoms with Gasteiger partial charge >= 0.3 is 0 Å². The molecule has 0 aliphatic heterocycles. The van der Waals surface area contributed by atoms with Crippen LogP contribution >= 0.6 is 0 Å². The summed E-state index contributed by atoms with van der Waals surface area (Å²) in [5.41, 5.74) is 8.18. The molecule has 2 nitrogen and oxygen atoms in total. The minimum Gasteiger partial charge on any atom is -0.507 e. The van der Waals surface area contributed by atoms with Crippen LogP contribution in [0.4, 0.5) is 0 Å². The lowest BCUT2D eigenvalue weighted by atomic mass is 9.98. The number of hydrogen-bond acceptors (Lipinski definition) is 2. The second-order valence-electron chi connectivity index (χ2n) is 12.2. The van der Waals surface area contributed by atoms with Gasteiger partial charge in [0.15, 0.2) is 0 Å². The number of para-hydroxylation sites is 1. The van der Waals surface area contributed by atoms with Crippen LogP contribution in [0.2, 0.25) is 0 Å². The molecule has 0 heterocycles. The van der Waals surface area contributed by atoms with Crippen molar-refractivity contribution < 1.29 is 10.2 Å². The summed E-state index contributed by atoms with van der Waals surface area (Å²) >= 11 is 0. The van der Waals surface area contributed by atoms with Crippen LogP contribution in [0.15, 0.2) is 121 Å². The Morgan fingerprint density at radius 3 is 1.35 bits per heavy atom. The Bertz CT molecular complexity index is 1660. The molecule has 0 aliphatic rings. The highest BCUT2D eigenvalue weighted by molar-refractivity contribution is 5.79. The first-order valence-electron chi connectivity index (χ1n) is 17.4. The largest absolute Gasteiger partial charge is 0.507 e. The second-order valence-corrected chi connectivity index (χ2v) is 12.2. The van der Waals surface area contributed by atoms with Gasteiger partial charge in [0.2, 0.25) is 0 Å². The van der Waals surface area contributed by atoms with Crippen molar-refractivity contribution in [1.82, 2.24) is 0 Å². The summed E-state index contributed by atoms with van der Waals surface area (Å²) < 4.78 is 0. The third-order valence-electron chi connectivity index (χ3n) is 8.33. The summed E-state index contributed by atoms with van der Waals surface area (Å²) in [6.07, 6.45) is 22.3. The van der Waals surface area contributed by atoms with Crippen molar-refractivity contribution in [3.05, 3.63) is 166 Å². The molecule has 0 amide bonds. The maximum Gasteiger partial charge on any atom is 0.130 e. The number of phenols is 2. The van der Waals surface area contributed by atoms with Gasteiger partial charge < -0.3 is 10.2 Å². The maximum atomic E-state index is 11.0. The van der Waals surface area contributed by atoms with Gasteiger partial charge in [-0.2, -0.15) is 0 Å². The molecule has 0 radical (unpaired) electrons. The lowest BCUT2D eigenvalue weighted by molar-refractivity contribution is 0.470. The van der Waals surface area contributed by atoms with Crippen molar-refractivity contribution in [3.63, 3.8) is 0 Å². The lowest BCUT2D eigenvalue weighted by Gasteiger charge is -2.10. The Hall–Kier alpha value is -5.08. The number of hydrogen-bond donors (Lipinski definition) is 2. The summed E-state index contributed by atoms with van der Waals surface area (Å²) in [7, 11) is 0. The van der Waals surface area contributed by atoms with Gasteiger partial charge in [0.1, 0.15) is 11.5 Å². The molecule has 0 atom stereocenters. The minimum atomic E-state index is 0.340. The van der Waals surface area contributed by atoms with Gasteiger partial charge in [-0.15, -0.1) is 0 Å². The maximum absolute atomic E-state index is 11.0. The van der Waals surface area contributed by atoms with E-state index in [0.717, 1.165) is 45.4 Å². The second kappa shape index (κ2) is 20.2. The van der Waals surface area contributed by atoms with Gasteiger partial charge in [-0.25, -0.2) is 0 Å². The quantitative estimate of drug-likeness (QED) is 0.0942. The third kappa shape index (κ3) is 12.3. The monoisotopic (exact) mass is 634 g/mol. The van der Waals surface area contributed by atoms with Gasteiger partial charge in [0.05, 0.1) is 0 Å². The van der Waals surface area contributed by atoms with Crippen molar-refractivity contribution in [1.29, 1.82) is 0 Å². The molecule has 48 heavy (non-hydrogen) atoms. The van der Waals surface area contributed by atoms with Crippen LogP contribution in [-0.4, -0.2) is 10.2 Å². The molecule has 0 unspecified atom stereocenters. The third-order valence-corrected chi connectivity index (χ3v) is 8.33. The fourth-order valence-corrected chi connectivity index (χ4v) is 5.50. The number of rotatable bonds is 14. The molecule has 2 heteroatoms. The predicted molar refractivity (Wildman–Crippen MR) is 209 cm³/mol. The highest BCUT2D eigenvalue weighted by Gasteiger charge is 2.07. The first-order valence-corrected chi connectivity index (χ1v) is 17.4. The Kier molecular flexibility index (Phi) is 15.1. The van der Waals surface area contributed by atoms with Crippen LogP contribution in [0, 0.1) is 6.92 Å². The summed E-state index contributed by atoms with van der Waals surface area (Å²) in [6, 6.07) is 40.5. The number of benzene rings is 5. The number of phenolic OH excluding ortho intramolecular Hbond substituents is 2. The molecule has 0 saturated heterocycles. The molecule has 0 fully saturated rings. The van der Waals surface area contributed by atoms with Crippen molar-refractivity contribution in [2.24, 2.45) is 0 Å². The zero-order valence-electron chi connectivity index (χ0n) is 28.6. The predicted octanol–water partition coefficient (Wildman–Crippen LogP) is 12.9. The van der Waals surface area contributed by atoms with Gasteiger partial charge in [-0.05, 0) is 59.7 Å².